The number of halogens is 1. The van der Waals surface area contributed by atoms with Gasteiger partial charge in [0.1, 0.15) is 5.82 Å². The minimum Gasteiger partial charge on any atom is -0.328 e. The maximum absolute atomic E-state index is 5.77. The van der Waals surface area contributed by atoms with E-state index in [1.54, 1.807) is 0 Å². The third-order valence-corrected chi connectivity index (χ3v) is 3.08. The molecule has 17 heavy (non-hydrogen) atoms. The Hall–Kier alpha value is -1.02. The molecule has 0 unspecified atom stereocenters. The molecule has 0 spiro atoms. The number of fused-ring (bicyclic) bond motifs is 1. The first-order chi connectivity index (χ1) is 8.22. The van der Waals surface area contributed by atoms with Gasteiger partial charge in [0.25, 0.3) is 0 Å². The summed E-state index contributed by atoms with van der Waals surface area (Å²) in [4.78, 5) is 4.71. The highest BCUT2D eigenvalue weighted by atomic mass is 35.5. The van der Waals surface area contributed by atoms with Gasteiger partial charge in [0.15, 0.2) is 0 Å². The predicted octanol–water partition coefficient (Wildman–Crippen LogP) is 3.86. The lowest BCUT2D eigenvalue weighted by Gasteiger charge is -2.11. The molecule has 0 saturated heterocycles. The van der Waals surface area contributed by atoms with E-state index in [1.165, 1.54) is 11.3 Å². The molecule has 0 aliphatic heterocycles. The topological polar surface area (TPSA) is 17.8 Å². The average molecular weight is 251 g/mol. The summed E-state index contributed by atoms with van der Waals surface area (Å²) in [5.41, 5.74) is 2.34. The van der Waals surface area contributed by atoms with Gasteiger partial charge in [0.05, 0.1) is 11.0 Å². The SMILES string of the molecule is CC(C)Cn1c(CCCCl)nc2ccccc21. The van der Waals surface area contributed by atoms with Gasteiger partial charge in [-0.3, -0.25) is 0 Å². The Balaban J connectivity index is 2.41. The molecule has 1 aromatic heterocycles. The molecular weight excluding hydrogens is 232 g/mol. The van der Waals surface area contributed by atoms with Crippen LogP contribution in [0.2, 0.25) is 0 Å². The minimum absolute atomic E-state index is 0.627. The number of aryl methyl sites for hydroxylation is 1. The molecular formula is C14H19ClN2. The standard InChI is InChI=1S/C14H19ClN2/c1-11(2)10-17-13-7-4-3-6-12(13)16-14(17)8-5-9-15/h3-4,6-7,11H,5,8-10H2,1-2H3. The van der Waals surface area contributed by atoms with E-state index in [4.69, 9.17) is 16.6 Å². The number of nitrogens with zero attached hydrogens (tertiary/aromatic N) is 2. The highest BCUT2D eigenvalue weighted by Crippen LogP contribution is 2.18. The summed E-state index contributed by atoms with van der Waals surface area (Å²) in [6.45, 7) is 5.50. The third-order valence-electron chi connectivity index (χ3n) is 2.82. The number of para-hydroxylation sites is 2. The zero-order valence-corrected chi connectivity index (χ0v) is 11.2. The smallest absolute Gasteiger partial charge is 0.109 e. The molecule has 0 aliphatic carbocycles. The highest BCUT2D eigenvalue weighted by Gasteiger charge is 2.10. The second kappa shape index (κ2) is 5.54. The van der Waals surface area contributed by atoms with Gasteiger partial charge in [-0.05, 0) is 24.5 Å². The van der Waals surface area contributed by atoms with Crippen LogP contribution >= 0.6 is 11.6 Å². The molecule has 0 bridgehead atoms. The lowest BCUT2D eigenvalue weighted by molar-refractivity contribution is 0.515. The first-order valence-corrected chi connectivity index (χ1v) is 6.76. The van der Waals surface area contributed by atoms with Crippen LogP contribution in [0.5, 0.6) is 0 Å². The number of alkyl halides is 1. The summed E-state index contributed by atoms with van der Waals surface area (Å²) >= 11 is 5.77. The monoisotopic (exact) mass is 250 g/mol. The van der Waals surface area contributed by atoms with Crippen molar-refractivity contribution in [3.05, 3.63) is 30.1 Å². The molecule has 1 aromatic carbocycles. The minimum atomic E-state index is 0.627. The van der Waals surface area contributed by atoms with E-state index in [-0.39, 0.29) is 0 Å². The number of imidazole rings is 1. The van der Waals surface area contributed by atoms with Gasteiger partial charge in [0.2, 0.25) is 0 Å². The van der Waals surface area contributed by atoms with Crippen LogP contribution in [0.25, 0.3) is 11.0 Å². The Labute approximate surface area is 108 Å². The van der Waals surface area contributed by atoms with Crippen molar-refractivity contribution < 1.29 is 0 Å². The summed E-state index contributed by atoms with van der Waals surface area (Å²) in [7, 11) is 0. The summed E-state index contributed by atoms with van der Waals surface area (Å²) in [6.07, 6.45) is 1.95. The van der Waals surface area contributed by atoms with E-state index in [0.29, 0.717) is 11.8 Å². The van der Waals surface area contributed by atoms with Gasteiger partial charge in [-0.2, -0.15) is 0 Å². The Morgan fingerprint density at radius 2 is 2.06 bits per heavy atom. The Kier molecular flexibility index (Phi) is 4.06. The molecule has 2 aromatic rings. The van der Waals surface area contributed by atoms with Gasteiger partial charge in [-0.15, -0.1) is 11.6 Å². The lowest BCUT2D eigenvalue weighted by atomic mass is 10.2. The molecule has 1 heterocycles. The number of hydrogen-bond donors (Lipinski definition) is 0. The fraction of sp³-hybridized carbons (Fsp3) is 0.500. The van der Waals surface area contributed by atoms with Crippen molar-refractivity contribution in [1.82, 2.24) is 9.55 Å². The van der Waals surface area contributed by atoms with Gasteiger partial charge in [0, 0.05) is 18.8 Å². The largest absolute Gasteiger partial charge is 0.328 e. The van der Waals surface area contributed by atoms with E-state index in [9.17, 15) is 0 Å². The molecule has 0 radical (unpaired) electrons. The van der Waals surface area contributed by atoms with Gasteiger partial charge in [-0.1, -0.05) is 26.0 Å². The van der Waals surface area contributed by atoms with Crippen LogP contribution in [0.1, 0.15) is 26.1 Å². The zero-order valence-electron chi connectivity index (χ0n) is 10.5. The van der Waals surface area contributed by atoms with Crippen LogP contribution in [0, 0.1) is 5.92 Å². The summed E-state index contributed by atoms with van der Waals surface area (Å²) < 4.78 is 2.34. The van der Waals surface area contributed by atoms with Crippen molar-refractivity contribution in [2.45, 2.75) is 33.2 Å². The summed E-state index contributed by atoms with van der Waals surface area (Å²) in [6, 6.07) is 8.35. The first kappa shape index (κ1) is 12.4. The fourth-order valence-electron chi connectivity index (χ4n) is 2.11. The molecule has 3 heteroatoms. The van der Waals surface area contributed by atoms with Crippen molar-refractivity contribution in [3.8, 4) is 0 Å². The van der Waals surface area contributed by atoms with E-state index < -0.39 is 0 Å². The Morgan fingerprint density at radius 3 is 2.76 bits per heavy atom. The third kappa shape index (κ3) is 2.81. The predicted molar refractivity (Wildman–Crippen MR) is 73.6 cm³/mol. The Morgan fingerprint density at radius 1 is 1.29 bits per heavy atom. The molecule has 0 N–H and O–H groups in total. The Bertz CT molecular complexity index is 488. The van der Waals surface area contributed by atoms with E-state index in [1.807, 2.05) is 6.07 Å². The van der Waals surface area contributed by atoms with Gasteiger partial charge in [-0.25, -0.2) is 4.98 Å². The number of aromatic nitrogens is 2. The van der Waals surface area contributed by atoms with Crippen LogP contribution in [0.15, 0.2) is 24.3 Å². The molecule has 0 aliphatic rings. The van der Waals surface area contributed by atoms with Crippen molar-refractivity contribution in [1.29, 1.82) is 0 Å². The fourth-order valence-corrected chi connectivity index (χ4v) is 2.24. The van der Waals surface area contributed by atoms with E-state index in [2.05, 4.69) is 36.6 Å². The van der Waals surface area contributed by atoms with Crippen LogP contribution in [0.3, 0.4) is 0 Å². The van der Waals surface area contributed by atoms with E-state index >= 15 is 0 Å². The summed E-state index contributed by atoms with van der Waals surface area (Å²) in [5, 5.41) is 0. The molecule has 0 atom stereocenters. The molecule has 0 fully saturated rings. The highest BCUT2D eigenvalue weighted by molar-refractivity contribution is 6.17. The van der Waals surface area contributed by atoms with Crippen LogP contribution in [-0.2, 0) is 13.0 Å². The lowest BCUT2D eigenvalue weighted by Crippen LogP contribution is -2.08. The number of hydrogen-bond acceptors (Lipinski definition) is 1. The van der Waals surface area contributed by atoms with Crippen molar-refractivity contribution in [2.24, 2.45) is 5.92 Å². The normalized spacial score (nSPS) is 11.5. The second-order valence-corrected chi connectivity index (χ2v) is 5.19. The molecule has 92 valence electrons. The maximum Gasteiger partial charge on any atom is 0.109 e. The van der Waals surface area contributed by atoms with Crippen LogP contribution < -0.4 is 0 Å². The van der Waals surface area contributed by atoms with Crippen LogP contribution in [-0.4, -0.2) is 15.4 Å². The molecule has 0 amide bonds. The quantitative estimate of drug-likeness (QED) is 0.737. The molecule has 2 nitrogen and oxygen atoms in total. The summed E-state index contributed by atoms with van der Waals surface area (Å²) in [5.74, 6) is 2.49. The number of benzene rings is 1. The van der Waals surface area contributed by atoms with E-state index in [0.717, 1.165) is 24.9 Å². The van der Waals surface area contributed by atoms with Gasteiger partial charge >= 0.3 is 0 Å². The first-order valence-electron chi connectivity index (χ1n) is 6.22. The zero-order chi connectivity index (χ0) is 12.3. The number of rotatable bonds is 5. The molecule has 2 rings (SSSR count). The molecule has 0 saturated carbocycles. The van der Waals surface area contributed by atoms with Crippen molar-refractivity contribution in [2.75, 3.05) is 5.88 Å². The average Bonchev–Trinajstić information content (AvgIpc) is 2.64. The van der Waals surface area contributed by atoms with Gasteiger partial charge < -0.3 is 4.57 Å². The van der Waals surface area contributed by atoms with Crippen molar-refractivity contribution in [3.63, 3.8) is 0 Å². The van der Waals surface area contributed by atoms with Crippen molar-refractivity contribution >= 4 is 22.6 Å². The second-order valence-electron chi connectivity index (χ2n) is 4.81. The maximum atomic E-state index is 5.77. The van der Waals surface area contributed by atoms with Crippen LogP contribution in [0.4, 0.5) is 0 Å².